The van der Waals surface area contributed by atoms with Gasteiger partial charge in [-0.1, -0.05) is 40.5 Å². The topological polar surface area (TPSA) is 98.7 Å². The van der Waals surface area contributed by atoms with E-state index >= 15 is 0 Å². The predicted octanol–water partition coefficient (Wildman–Crippen LogP) is 1.41. The first kappa shape index (κ1) is 21.2. The summed E-state index contributed by atoms with van der Waals surface area (Å²) in [5, 5.41) is 22.7. The minimum absolute atomic E-state index is 0.197. The molecule has 0 saturated heterocycles. The number of rotatable bonds is 8. The van der Waals surface area contributed by atoms with Crippen LogP contribution < -0.4 is 10.6 Å². The van der Waals surface area contributed by atoms with Gasteiger partial charge < -0.3 is 20.8 Å². The van der Waals surface area contributed by atoms with Gasteiger partial charge in [-0.3, -0.25) is 9.59 Å². The maximum absolute atomic E-state index is 10.5. The van der Waals surface area contributed by atoms with E-state index in [-0.39, 0.29) is 11.8 Å². The largest absolute Gasteiger partial charge is 0.480 e. The Kier molecular flexibility index (Phi) is 12.3. The second kappa shape index (κ2) is 11.7. The Hall–Kier alpha value is -1.14. The van der Waals surface area contributed by atoms with E-state index in [0.29, 0.717) is 0 Å². The van der Waals surface area contributed by atoms with Crippen LogP contribution in [0.1, 0.15) is 40.5 Å². The molecule has 0 aliphatic carbocycles. The lowest BCUT2D eigenvalue weighted by atomic mass is 10.00. The molecule has 0 aromatic carbocycles. The minimum atomic E-state index is -0.767. The summed E-state index contributed by atoms with van der Waals surface area (Å²) in [6.45, 7) is 7.82. The SMILES string of the molecule is CC[C@H](C)[C@H](NC)C(=O)O.CC[C@H](C)[C@H](NC)C(=O)O. The predicted molar refractivity (Wildman–Crippen MR) is 79.9 cm³/mol. The minimum Gasteiger partial charge on any atom is -0.480 e. The van der Waals surface area contributed by atoms with Gasteiger partial charge in [-0.2, -0.15) is 0 Å². The number of carboxylic acids is 2. The molecule has 120 valence electrons. The highest BCUT2D eigenvalue weighted by Gasteiger charge is 2.21. The fourth-order valence-electron chi connectivity index (χ4n) is 1.77. The van der Waals surface area contributed by atoms with Crippen LogP contribution in [0.15, 0.2) is 0 Å². The number of nitrogens with one attached hydrogen (secondary N) is 2. The summed E-state index contributed by atoms with van der Waals surface area (Å²) in [5.41, 5.74) is 0. The highest BCUT2D eigenvalue weighted by Crippen LogP contribution is 2.07. The molecule has 0 aromatic heterocycles. The van der Waals surface area contributed by atoms with Crippen molar-refractivity contribution in [2.75, 3.05) is 14.1 Å². The zero-order valence-corrected chi connectivity index (χ0v) is 13.4. The standard InChI is InChI=1S/2C7H15NO2/c2*1-4-5(2)6(8-3)7(9)10/h2*5-6,8H,4H2,1-3H3,(H,9,10)/t2*5-,6-/m00/s1. The second-order valence-corrected chi connectivity index (χ2v) is 4.98. The molecule has 0 unspecified atom stereocenters. The van der Waals surface area contributed by atoms with E-state index in [1.807, 2.05) is 27.7 Å². The first-order valence-corrected chi connectivity index (χ1v) is 7.06. The average molecular weight is 290 g/mol. The van der Waals surface area contributed by atoms with Gasteiger partial charge in [-0.25, -0.2) is 0 Å². The van der Waals surface area contributed by atoms with Crippen LogP contribution in [-0.2, 0) is 9.59 Å². The van der Waals surface area contributed by atoms with Crippen LogP contribution in [0, 0.1) is 11.8 Å². The van der Waals surface area contributed by atoms with Crippen LogP contribution in [0.25, 0.3) is 0 Å². The number of hydrogen-bond acceptors (Lipinski definition) is 4. The molecular weight excluding hydrogens is 260 g/mol. The molecule has 0 aromatic rings. The number of hydrogen-bond donors (Lipinski definition) is 4. The molecule has 0 rings (SSSR count). The lowest BCUT2D eigenvalue weighted by Gasteiger charge is -2.16. The molecule has 0 fully saturated rings. The summed E-state index contributed by atoms with van der Waals surface area (Å²) in [6, 6.07) is -0.796. The average Bonchev–Trinajstić information content (AvgIpc) is 2.39. The molecular formula is C14H30N2O4. The highest BCUT2D eigenvalue weighted by atomic mass is 16.4. The van der Waals surface area contributed by atoms with Crippen molar-refractivity contribution >= 4 is 11.9 Å². The smallest absolute Gasteiger partial charge is 0.320 e. The number of aliphatic carboxylic acids is 2. The maximum Gasteiger partial charge on any atom is 0.320 e. The summed E-state index contributed by atoms with van der Waals surface area (Å²) >= 11 is 0. The Morgan fingerprint density at radius 1 is 0.850 bits per heavy atom. The van der Waals surface area contributed by atoms with Crippen LogP contribution in [0.2, 0.25) is 0 Å². The summed E-state index contributed by atoms with van der Waals surface area (Å²) in [4.78, 5) is 20.9. The van der Waals surface area contributed by atoms with Crippen molar-refractivity contribution in [2.45, 2.75) is 52.6 Å². The third kappa shape index (κ3) is 8.12. The fourth-order valence-corrected chi connectivity index (χ4v) is 1.77. The Morgan fingerprint density at radius 2 is 1.10 bits per heavy atom. The van der Waals surface area contributed by atoms with Crippen molar-refractivity contribution in [3.8, 4) is 0 Å². The monoisotopic (exact) mass is 290 g/mol. The molecule has 20 heavy (non-hydrogen) atoms. The Labute approximate surface area is 122 Å². The van der Waals surface area contributed by atoms with E-state index in [9.17, 15) is 9.59 Å². The van der Waals surface area contributed by atoms with Gasteiger partial charge in [0.15, 0.2) is 0 Å². The summed E-state index contributed by atoms with van der Waals surface area (Å²) in [6.07, 6.45) is 1.77. The molecule has 0 aliphatic rings. The van der Waals surface area contributed by atoms with Crippen molar-refractivity contribution in [1.82, 2.24) is 10.6 Å². The molecule has 0 heterocycles. The summed E-state index contributed by atoms with van der Waals surface area (Å²) in [5.74, 6) is -1.14. The lowest BCUT2D eigenvalue weighted by molar-refractivity contribution is -0.141. The first-order chi connectivity index (χ1) is 9.26. The van der Waals surface area contributed by atoms with Gasteiger partial charge in [0.05, 0.1) is 0 Å². The van der Waals surface area contributed by atoms with Gasteiger partial charge in [-0.05, 0) is 25.9 Å². The molecule has 0 amide bonds. The maximum atomic E-state index is 10.5. The van der Waals surface area contributed by atoms with Crippen molar-refractivity contribution < 1.29 is 19.8 Å². The van der Waals surface area contributed by atoms with Crippen molar-refractivity contribution in [3.05, 3.63) is 0 Å². The third-order valence-corrected chi connectivity index (χ3v) is 3.58. The third-order valence-electron chi connectivity index (χ3n) is 3.58. The van der Waals surface area contributed by atoms with Crippen molar-refractivity contribution in [1.29, 1.82) is 0 Å². The fraction of sp³-hybridized carbons (Fsp3) is 0.857. The van der Waals surface area contributed by atoms with E-state index in [4.69, 9.17) is 10.2 Å². The molecule has 0 spiro atoms. The van der Waals surface area contributed by atoms with Crippen LogP contribution >= 0.6 is 0 Å². The van der Waals surface area contributed by atoms with Crippen LogP contribution in [0.5, 0.6) is 0 Å². The normalized spacial score (nSPS) is 16.3. The molecule has 0 bridgehead atoms. The Balaban J connectivity index is 0. The van der Waals surface area contributed by atoms with E-state index in [0.717, 1.165) is 12.8 Å². The Morgan fingerprint density at radius 3 is 1.15 bits per heavy atom. The highest BCUT2D eigenvalue weighted by molar-refractivity contribution is 5.74. The van der Waals surface area contributed by atoms with Crippen LogP contribution in [0.3, 0.4) is 0 Å². The number of carbonyl (C=O) groups is 2. The van der Waals surface area contributed by atoms with E-state index in [1.165, 1.54) is 0 Å². The van der Waals surface area contributed by atoms with E-state index in [1.54, 1.807) is 14.1 Å². The molecule has 4 N–H and O–H groups in total. The van der Waals surface area contributed by atoms with E-state index < -0.39 is 24.0 Å². The molecule has 0 radical (unpaired) electrons. The van der Waals surface area contributed by atoms with Gasteiger partial charge in [0.2, 0.25) is 0 Å². The van der Waals surface area contributed by atoms with Gasteiger partial charge in [0, 0.05) is 0 Å². The number of carboxylic acid groups (broad SMARTS) is 2. The van der Waals surface area contributed by atoms with Crippen LogP contribution in [-0.4, -0.2) is 48.3 Å². The molecule has 6 nitrogen and oxygen atoms in total. The number of likely N-dealkylation sites (N-methyl/N-ethyl adjacent to an activating group) is 2. The summed E-state index contributed by atoms with van der Waals surface area (Å²) < 4.78 is 0. The van der Waals surface area contributed by atoms with Crippen LogP contribution in [0.4, 0.5) is 0 Å². The molecule has 0 aliphatic heterocycles. The van der Waals surface area contributed by atoms with Gasteiger partial charge in [-0.15, -0.1) is 0 Å². The van der Waals surface area contributed by atoms with Crippen molar-refractivity contribution in [3.63, 3.8) is 0 Å². The zero-order valence-electron chi connectivity index (χ0n) is 13.4. The van der Waals surface area contributed by atoms with E-state index in [2.05, 4.69) is 10.6 Å². The molecule has 4 atom stereocenters. The Bertz CT molecular complexity index is 256. The summed E-state index contributed by atoms with van der Waals surface area (Å²) in [7, 11) is 3.34. The quantitative estimate of drug-likeness (QED) is 0.539. The first-order valence-electron chi connectivity index (χ1n) is 7.06. The van der Waals surface area contributed by atoms with Gasteiger partial charge in [0.25, 0.3) is 0 Å². The van der Waals surface area contributed by atoms with Gasteiger partial charge in [0.1, 0.15) is 12.1 Å². The lowest BCUT2D eigenvalue weighted by Crippen LogP contribution is -2.39. The van der Waals surface area contributed by atoms with Crippen molar-refractivity contribution in [2.24, 2.45) is 11.8 Å². The van der Waals surface area contributed by atoms with Gasteiger partial charge >= 0.3 is 11.9 Å². The zero-order chi connectivity index (χ0) is 16.3. The second-order valence-electron chi connectivity index (χ2n) is 4.98. The molecule has 6 heteroatoms. The molecule has 0 saturated carbocycles.